The first-order valence-corrected chi connectivity index (χ1v) is 9.85. The minimum absolute atomic E-state index is 0.258. The molecular formula is C20H20ClFN6O. The molecule has 2 aliphatic heterocycles. The Kier molecular flexibility index (Phi) is 4.31. The Bertz CT molecular complexity index is 1050. The third-order valence-corrected chi connectivity index (χ3v) is 5.79. The Morgan fingerprint density at radius 2 is 2.14 bits per heavy atom. The average Bonchev–Trinajstić information content (AvgIpc) is 3.33. The number of hydrogen-bond acceptors (Lipinski definition) is 6. The number of aryl methyl sites for hydroxylation is 2. The maximum atomic E-state index is 13.6. The zero-order chi connectivity index (χ0) is 20.1. The van der Waals surface area contributed by atoms with Gasteiger partial charge in [0, 0.05) is 43.5 Å². The molecule has 2 saturated heterocycles. The fourth-order valence-corrected chi connectivity index (χ4v) is 4.41. The van der Waals surface area contributed by atoms with Gasteiger partial charge in [0.15, 0.2) is 0 Å². The highest BCUT2D eigenvalue weighted by molar-refractivity contribution is 6.29. The topological polar surface area (TPSA) is 68.1 Å². The Balaban J connectivity index is 1.29. The average molecular weight is 415 g/mol. The Morgan fingerprint density at radius 1 is 1.28 bits per heavy atom. The van der Waals surface area contributed by atoms with Gasteiger partial charge in [-0.3, -0.25) is 0 Å². The third kappa shape index (κ3) is 3.37. The van der Waals surface area contributed by atoms with Crippen LogP contribution in [0.15, 0.2) is 36.5 Å². The molecule has 29 heavy (non-hydrogen) atoms. The van der Waals surface area contributed by atoms with Crippen LogP contribution in [0.2, 0.25) is 5.15 Å². The van der Waals surface area contributed by atoms with E-state index < -0.39 is 0 Å². The lowest BCUT2D eigenvalue weighted by Crippen LogP contribution is -2.48. The van der Waals surface area contributed by atoms with Gasteiger partial charge in [-0.05, 0) is 43.2 Å². The first-order chi connectivity index (χ1) is 14.0. The maximum absolute atomic E-state index is 13.6. The maximum Gasteiger partial charge on any atom is 0.321 e. The molecule has 2 bridgehead atoms. The van der Waals surface area contributed by atoms with Crippen LogP contribution in [0, 0.1) is 18.7 Å². The molecule has 0 spiro atoms. The largest absolute Gasteiger partial charge is 0.424 e. The second-order valence-corrected chi connectivity index (χ2v) is 8.02. The molecule has 3 aliphatic rings. The fourth-order valence-electron chi connectivity index (χ4n) is 4.24. The van der Waals surface area contributed by atoms with Crippen LogP contribution in [-0.2, 0) is 7.05 Å². The van der Waals surface area contributed by atoms with E-state index in [1.807, 2.05) is 19.1 Å². The van der Waals surface area contributed by atoms with Crippen molar-refractivity contribution >= 4 is 23.2 Å². The quantitative estimate of drug-likeness (QED) is 0.640. The minimum atomic E-state index is -0.345. The van der Waals surface area contributed by atoms with Gasteiger partial charge in [0.05, 0.1) is 6.04 Å². The Hall–Kier alpha value is -2.87. The van der Waals surface area contributed by atoms with Crippen LogP contribution in [0.1, 0.15) is 12.0 Å². The van der Waals surface area contributed by atoms with Gasteiger partial charge in [0.2, 0.25) is 5.95 Å². The van der Waals surface area contributed by atoms with E-state index in [4.69, 9.17) is 16.3 Å². The summed E-state index contributed by atoms with van der Waals surface area (Å²) >= 11 is 6.04. The monoisotopic (exact) mass is 414 g/mol. The standard InChI is InChI=1S/C20H20ClFN6O/c1-11-5-13(22)8-15(6-11)29-20-25-19(26-27(20)2)24-18-12-7-16(18)28(10-12)14-3-4-23-17(21)9-14/h3-6,8-9,12,16,18H,7,10H2,1-2H3,(H,24,26). The van der Waals surface area contributed by atoms with Crippen LogP contribution >= 0.6 is 11.6 Å². The smallest absolute Gasteiger partial charge is 0.321 e. The summed E-state index contributed by atoms with van der Waals surface area (Å²) in [5.74, 6) is 1.08. The highest BCUT2D eigenvalue weighted by Crippen LogP contribution is 2.45. The fraction of sp³-hybridized carbons (Fsp3) is 0.350. The highest BCUT2D eigenvalue weighted by Gasteiger charge is 2.52. The van der Waals surface area contributed by atoms with E-state index in [9.17, 15) is 4.39 Å². The van der Waals surface area contributed by atoms with Gasteiger partial charge in [-0.1, -0.05) is 11.6 Å². The molecule has 3 atom stereocenters. The van der Waals surface area contributed by atoms with Crippen molar-refractivity contribution in [2.75, 3.05) is 16.8 Å². The Morgan fingerprint density at radius 3 is 2.93 bits per heavy atom. The lowest BCUT2D eigenvalue weighted by atomic mass is 9.80. The van der Waals surface area contributed by atoms with Gasteiger partial charge in [0.1, 0.15) is 16.7 Å². The van der Waals surface area contributed by atoms with Crippen molar-refractivity contribution in [3.05, 3.63) is 53.1 Å². The molecule has 0 radical (unpaired) electrons. The molecule has 1 aliphatic carbocycles. The van der Waals surface area contributed by atoms with Crippen LogP contribution < -0.4 is 15.0 Å². The van der Waals surface area contributed by atoms with Crippen LogP contribution in [-0.4, -0.2) is 38.4 Å². The molecule has 1 aromatic carbocycles. The number of nitrogens with one attached hydrogen (secondary N) is 1. The summed E-state index contributed by atoms with van der Waals surface area (Å²) in [6.45, 7) is 2.77. The molecule has 4 heterocycles. The van der Waals surface area contributed by atoms with Crippen LogP contribution in [0.25, 0.3) is 0 Å². The molecule has 1 saturated carbocycles. The number of fused-ring (bicyclic) bond motifs is 1. The molecule has 1 N–H and O–H groups in total. The van der Waals surface area contributed by atoms with Gasteiger partial charge in [0.25, 0.3) is 0 Å². The summed E-state index contributed by atoms with van der Waals surface area (Å²) in [4.78, 5) is 10.9. The molecule has 3 unspecified atom stereocenters. The van der Waals surface area contributed by atoms with Crippen LogP contribution in [0.3, 0.4) is 0 Å². The van der Waals surface area contributed by atoms with Gasteiger partial charge >= 0.3 is 6.01 Å². The summed E-state index contributed by atoms with van der Waals surface area (Å²) < 4.78 is 20.9. The predicted octanol–water partition coefficient (Wildman–Crippen LogP) is 3.79. The van der Waals surface area contributed by atoms with Gasteiger partial charge in [-0.2, -0.15) is 4.98 Å². The molecule has 2 aromatic heterocycles. The number of nitrogens with zero attached hydrogens (tertiary/aromatic N) is 5. The number of benzene rings is 1. The van der Waals surface area contributed by atoms with Crippen molar-refractivity contribution < 1.29 is 9.13 Å². The molecule has 0 amide bonds. The van der Waals surface area contributed by atoms with Crippen molar-refractivity contribution in [1.82, 2.24) is 19.7 Å². The summed E-state index contributed by atoms with van der Waals surface area (Å²) in [5, 5.41) is 8.34. The van der Waals surface area contributed by atoms with E-state index in [2.05, 4.69) is 25.3 Å². The number of rotatable bonds is 5. The summed E-state index contributed by atoms with van der Waals surface area (Å²) in [7, 11) is 1.75. The predicted molar refractivity (Wildman–Crippen MR) is 108 cm³/mol. The second kappa shape index (κ2) is 6.88. The van der Waals surface area contributed by atoms with E-state index in [1.165, 1.54) is 12.1 Å². The Labute approximate surface area is 172 Å². The normalized spacial score (nSPS) is 22.5. The summed E-state index contributed by atoms with van der Waals surface area (Å²) in [6, 6.07) is 9.34. The first kappa shape index (κ1) is 18.2. The lowest BCUT2D eigenvalue weighted by Gasteiger charge is -2.37. The van der Waals surface area contributed by atoms with Crippen molar-refractivity contribution in [3.63, 3.8) is 0 Å². The molecule has 3 aromatic rings. The van der Waals surface area contributed by atoms with Crippen molar-refractivity contribution in [2.24, 2.45) is 13.0 Å². The van der Waals surface area contributed by atoms with Crippen molar-refractivity contribution in [2.45, 2.75) is 25.4 Å². The third-order valence-electron chi connectivity index (χ3n) is 5.58. The highest BCUT2D eigenvalue weighted by atomic mass is 35.5. The zero-order valence-electron chi connectivity index (χ0n) is 16.0. The number of aromatic nitrogens is 4. The van der Waals surface area contributed by atoms with Gasteiger partial charge in [-0.15, -0.1) is 5.10 Å². The van der Waals surface area contributed by atoms with E-state index in [-0.39, 0.29) is 11.9 Å². The number of anilines is 2. The van der Waals surface area contributed by atoms with Crippen molar-refractivity contribution in [3.8, 4) is 11.8 Å². The minimum Gasteiger partial charge on any atom is -0.424 e. The number of ether oxygens (including phenoxy) is 1. The van der Waals surface area contributed by atoms with Crippen molar-refractivity contribution in [1.29, 1.82) is 0 Å². The molecule has 7 nitrogen and oxygen atoms in total. The van der Waals surface area contributed by atoms with E-state index in [1.54, 1.807) is 24.0 Å². The SMILES string of the molecule is Cc1cc(F)cc(Oc2nc(NC3C4CC3N(c3ccnc(Cl)c3)C4)nn2C)c1. The van der Waals surface area contributed by atoms with Crippen LogP contribution in [0.4, 0.5) is 16.0 Å². The van der Waals surface area contributed by atoms with E-state index in [0.717, 1.165) is 24.2 Å². The van der Waals surface area contributed by atoms with Crippen LogP contribution in [0.5, 0.6) is 11.8 Å². The van der Waals surface area contributed by atoms with Gasteiger partial charge in [-0.25, -0.2) is 14.1 Å². The number of hydrogen-bond donors (Lipinski definition) is 1. The molecule has 150 valence electrons. The van der Waals surface area contributed by atoms with E-state index >= 15 is 0 Å². The van der Waals surface area contributed by atoms with Gasteiger partial charge < -0.3 is 15.0 Å². The molecule has 3 fully saturated rings. The second-order valence-electron chi connectivity index (χ2n) is 7.63. The molecule has 6 rings (SSSR count). The van der Waals surface area contributed by atoms with E-state index in [0.29, 0.717) is 34.8 Å². The lowest BCUT2D eigenvalue weighted by molar-refractivity contribution is 0.333. The molecular weight excluding hydrogens is 395 g/mol. The zero-order valence-corrected chi connectivity index (χ0v) is 16.8. The number of pyridine rings is 1. The summed E-state index contributed by atoms with van der Waals surface area (Å²) in [6.07, 6.45) is 2.85. The number of halogens is 2. The molecule has 9 heteroatoms. The first-order valence-electron chi connectivity index (χ1n) is 9.47. The summed E-state index contributed by atoms with van der Waals surface area (Å²) in [5.41, 5.74) is 1.86.